The zero-order chi connectivity index (χ0) is 23.3. The van der Waals surface area contributed by atoms with E-state index in [9.17, 15) is 19.1 Å². The van der Waals surface area contributed by atoms with Crippen LogP contribution in [0, 0.1) is 9.39 Å². The number of aromatic amines is 1. The zero-order valence-electron chi connectivity index (χ0n) is 17.5. The van der Waals surface area contributed by atoms with Crippen LogP contribution in [0.1, 0.15) is 27.4 Å². The Morgan fingerprint density at radius 3 is 2.70 bits per heavy atom. The summed E-state index contributed by atoms with van der Waals surface area (Å²) in [6.45, 7) is 0.0427. The molecule has 1 amide bonds. The molecule has 2 N–H and O–H groups in total. The summed E-state index contributed by atoms with van der Waals surface area (Å²) in [4.78, 5) is 34.4. The first kappa shape index (κ1) is 21.7. The van der Waals surface area contributed by atoms with Crippen LogP contribution in [0.5, 0.6) is 0 Å². The fourth-order valence-corrected chi connectivity index (χ4v) is 4.41. The molecular formula is C23H19FIN5O3. The Morgan fingerprint density at radius 1 is 1.21 bits per heavy atom. The number of nitrogens with one attached hydrogen (secondary N) is 1. The van der Waals surface area contributed by atoms with Crippen molar-refractivity contribution in [2.45, 2.75) is 12.0 Å². The summed E-state index contributed by atoms with van der Waals surface area (Å²) in [5, 5.41) is 15.2. The molecule has 8 nitrogen and oxygen atoms in total. The predicted octanol–water partition coefficient (Wildman–Crippen LogP) is 2.33. The number of halogens is 2. The average Bonchev–Trinajstić information content (AvgIpc) is 3.20. The molecule has 2 aromatic heterocycles. The minimum Gasteiger partial charge on any atom is -0.378 e. The second-order valence-electron chi connectivity index (χ2n) is 8.19. The molecule has 1 fully saturated rings. The number of aromatic nitrogens is 4. The van der Waals surface area contributed by atoms with Gasteiger partial charge in [0.25, 0.3) is 11.5 Å². The number of fused-ring (bicyclic) bond motifs is 1. The van der Waals surface area contributed by atoms with E-state index < -0.39 is 22.9 Å². The summed E-state index contributed by atoms with van der Waals surface area (Å²) in [6.07, 6.45) is 0.0502. The molecule has 0 saturated carbocycles. The van der Waals surface area contributed by atoms with Crippen molar-refractivity contribution in [1.82, 2.24) is 24.6 Å². The van der Waals surface area contributed by atoms with Gasteiger partial charge in [-0.25, -0.2) is 14.1 Å². The monoisotopic (exact) mass is 559 g/mol. The number of β-amino-alcohol motifs (C(OH)–C–C–N with tert-alkyl or cyclic N) is 1. The van der Waals surface area contributed by atoms with E-state index in [1.807, 2.05) is 46.9 Å². The minimum atomic E-state index is -1.31. The van der Waals surface area contributed by atoms with Gasteiger partial charge in [0.05, 0.1) is 24.1 Å². The number of H-pyrrole nitrogens is 1. The topological polar surface area (TPSA) is 104 Å². The largest absolute Gasteiger partial charge is 0.378 e. The van der Waals surface area contributed by atoms with Gasteiger partial charge >= 0.3 is 0 Å². The van der Waals surface area contributed by atoms with Crippen molar-refractivity contribution in [1.29, 1.82) is 0 Å². The number of benzene rings is 2. The first-order valence-electron chi connectivity index (χ1n) is 10.2. The second kappa shape index (κ2) is 8.03. The zero-order valence-corrected chi connectivity index (χ0v) is 19.7. The Labute approximate surface area is 201 Å². The van der Waals surface area contributed by atoms with Crippen molar-refractivity contribution >= 4 is 39.5 Å². The smallest absolute Gasteiger partial charge is 0.274 e. The highest BCUT2D eigenvalue weighted by atomic mass is 127. The molecule has 0 unspecified atom stereocenters. The van der Waals surface area contributed by atoms with E-state index in [1.165, 1.54) is 24.1 Å². The number of carbonyl (C=O) groups is 1. The summed E-state index contributed by atoms with van der Waals surface area (Å²) in [6, 6.07) is 13.5. The molecule has 33 heavy (non-hydrogen) atoms. The Hall–Kier alpha value is -3.12. The Kier molecular flexibility index (Phi) is 5.28. The number of likely N-dealkylation sites (tertiary alicyclic amines) is 1. The number of aliphatic hydroxyl groups is 1. The number of aryl methyl sites for hydroxylation is 1. The SMILES string of the molecule is Cn1nc(C(=O)N2CC(O)(c3nc4ccccc4[nH]3)C2)c(Cc2ccc(I)cc2F)cc1=O. The molecule has 1 aliphatic heterocycles. The van der Waals surface area contributed by atoms with Crippen LogP contribution in [-0.4, -0.2) is 48.8 Å². The molecule has 4 aromatic rings. The maximum Gasteiger partial charge on any atom is 0.274 e. The number of para-hydroxylation sites is 2. The van der Waals surface area contributed by atoms with E-state index in [-0.39, 0.29) is 25.2 Å². The van der Waals surface area contributed by atoms with Gasteiger partial charge in [0, 0.05) is 23.1 Å². The molecule has 1 aliphatic rings. The van der Waals surface area contributed by atoms with Crippen LogP contribution >= 0.6 is 22.6 Å². The fourth-order valence-electron chi connectivity index (χ4n) is 3.96. The number of hydrogen-bond donors (Lipinski definition) is 2. The maximum absolute atomic E-state index is 14.4. The van der Waals surface area contributed by atoms with Crippen LogP contribution in [0.4, 0.5) is 4.39 Å². The molecule has 3 heterocycles. The van der Waals surface area contributed by atoms with Crippen molar-refractivity contribution in [3.8, 4) is 0 Å². The van der Waals surface area contributed by atoms with E-state index >= 15 is 0 Å². The Morgan fingerprint density at radius 2 is 1.97 bits per heavy atom. The molecular weight excluding hydrogens is 540 g/mol. The lowest BCUT2D eigenvalue weighted by Crippen LogP contribution is -2.62. The summed E-state index contributed by atoms with van der Waals surface area (Å²) < 4.78 is 16.2. The molecule has 0 aliphatic carbocycles. The Bertz CT molecular complexity index is 1430. The van der Waals surface area contributed by atoms with Crippen molar-refractivity contribution in [3.05, 3.63) is 90.9 Å². The van der Waals surface area contributed by atoms with Crippen molar-refractivity contribution < 1.29 is 14.3 Å². The van der Waals surface area contributed by atoms with Gasteiger partial charge in [-0.2, -0.15) is 5.10 Å². The second-order valence-corrected chi connectivity index (χ2v) is 9.43. The highest BCUT2D eigenvalue weighted by molar-refractivity contribution is 14.1. The maximum atomic E-state index is 14.4. The number of rotatable bonds is 4. The van der Waals surface area contributed by atoms with Crippen LogP contribution in [0.2, 0.25) is 0 Å². The minimum absolute atomic E-state index is 0.0213. The number of nitrogens with zero attached hydrogens (tertiary/aromatic N) is 4. The quantitative estimate of drug-likeness (QED) is 0.374. The number of carbonyl (C=O) groups excluding carboxylic acids is 1. The molecule has 0 spiro atoms. The summed E-state index contributed by atoms with van der Waals surface area (Å²) in [5.41, 5.74) is 0.581. The van der Waals surface area contributed by atoms with Crippen molar-refractivity contribution in [2.75, 3.05) is 13.1 Å². The summed E-state index contributed by atoms with van der Waals surface area (Å²) in [7, 11) is 1.45. The van der Waals surface area contributed by atoms with Crippen LogP contribution in [0.15, 0.2) is 53.3 Å². The lowest BCUT2D eigenvalue weighted by molar-refractivity contribution is -0.0918. The van der Waals surface area contributed by atoms with Gasteiger partial charge in [-0.05, 0) is 58.0 Å². The molecule has 1 saturated heterocycles. The predicted molar refractivity (Wildman–Crippen MR) is 127 cm³/mol. The van der Waals surface area contributed by atoms with Gasteiger partial charge in [0.1, 0.15) is 11.6 Å². The highest BCUT2D eigenvalue weighted by Gasteiger charge is 2.48. The molecule has 0 bridgehead atoms. The Balaban J connectivity index is 1.42. The van der Waals surface area contributed by atoms with Gasteiger partial charge in [0.2, 0.25) is 0 Å². The summed E-state index contributed by atoms with van der Waals surface area (Å²) >= 11 is 2.02. The first-order valence-corrected chi connectivity index (χ1v) is 11.3. The van der Waals surface area contributed by atoms with Crippen LogP contribution < -0.4 is 5.56 Å². The van der Waals surface area contributed by atoms with Crippen LogP contribution in [-0.2, 0) is 19.1 Å². The van der Waals surface area contributed by atoms with E-state index in [0.29, 0.717) is 17.0 Å². The lowest BCUT2D eigenvalue weighted by Gasteiger charge is -2.44. The molecule has 0 atom stereocenters. The van der Waals surface area contributed by atoms with E-state index in [2.05, 4.69) is 15.1 Å². The third-order valence-electron chi connectivity index (χ3n) is 5.79. The third kappa shape index (κ3) is 3.93. The normalized spacial score (nSPS) is 15.0. The van der Waals surface area contributed by atoms with Crippen LogP contribution in [0.3, 0.4) is 0 Å². The molecule has 10 heteroatoms. The lowest BCUT2D eigenvalue weighted by atomic mass is 9.92. The molecule has 5 rings (SSSR count). The highest BCUT2D eigenvalue weighted by Crippen LogP contribution is 2.32. The van der Waals surface area contributed by atoms with Gasteiger partial charge < -0.3 is 15.0 Å². The molecule has 168 valence electrons. The molecule has 2 aromatic carbocycles. The number of imidazole rings is 1. The van der Waals surface area contributed by atoms with E-state index in [4.69, 9.17) is 0 Å². The third-order valence-corrected chi connectivity index (χ3v) is 6.46. The summed E-state index contributed by atoms with van der Waals surface area (Å²) in [5.74, 6) is -0.459. The number of hydrogen-bond acceptors (Lipinski definition) is 5. The van der Waals surface area contributed by atoms with Crippen molar-refractivity contribution in [2.24, 2.45) is 7.05 Å². The van der Waals surface area contributed by atoms with Crippen molar-refractivity contribution in [3.63, 3.8) is 0 Å². The van der Waals surface area contributed by atoms with E-state index in [1.54, 1.807) is 12.1 Å². The van der Waals surface area contributed by atoms with E-state index in [0.717, 1.165) is 19.3 Å². The first-order chi connectivity index (χ1) is 15.7. The average molecular weight is 559 g/mol. The standard InChI is InChI=1S/C23H19FIN5O3/c1-29-19(31)9-14(8-13-6-7-15(25)10-16(13)24)20(28-29)21(32)30-11-23(33,12-30)22-26-17-4-2-3-5-18(17)27-22/h2-7,9-10,33H,8,11-12H2,1H3,(H,26,27). The van der Waals surface area contributed by atoms with Crippen LogP contribution in [0.25, 0.3) is 11.0 Å². The molecule has 0 radical (unpaired) electrons. The fraction of sp³-hybridized carbons (Fsp3) is 0.217. The van der Waals surface area contributed by atoms with Gasteiger partial charge in [-0.15, -0.1) is 0 Å². The van der Waals surface area contributed by atoms with Gasteiger partial charge in [0.15, 0.2) is 11.3 Å². The van der Waals surface area contributed by atoms with Gasteiger partial charge in [-0.1, -0.05) is 18.2 Å². The van der Waals surface area contributed by atoms with Gasteiger partial charge in [-0.3, -0.25) is 9.59 Å². The number of amides is 1.